The molecule has 0 atom stereocenters. The Morgan fingerprint density at radius 1 is 1.04 bits per heavy atom. The van der Waals surface area contributed by atoms with E-state index in [0.717, 1.165) is 5.56 Å². The molecule has 0 radical (unpaired) electrons. The quantitative estimate of drug-likeness (QED) is 0.340. The van der Waals surface area contributed by atoms with Crippen LogP contribution in [0.5, 0.6) is 0 Å². The van der Waals surface area contributed by atoms with Crippen molar-refractivity contribution in [2.45, 2.75) is 13.8 Å². The number of halogens is 1. The maximum atomic E-state index is 11.7. The predicted octanol–water partition coefficient (Wildman–Crippen LogP) is 5.04. The van der Waals surface area contributed by atoms with Crippen LogP contribution in [-0.4, -0.2) is 20.7 Å². The van der Waals surface area contributed by atoms with E-state index in [2.05, 4.69) is 20.6 Å². The third-order valence-electron chi connectivity index (χ3n) is 3.99. The molecule has 0 amide bonds. The van der Waals surface area contributed by atoms with E-state index in [4.69, 9.17) is 11.6 Å². The zero-order chi connectivity index (χ0) is 20.3. The number of carbonyl (C=O) groups is 1. The van der Waals surface area contributed by atoms with Gasteiger partial charge in [0.15, 0.2) is 5.78 Å². The van der Waals surface area contributed by atoms with Crippen LogP contribution < -0.4 is 10.6 Å². The van der Waals surface area contributed by atoms with E-state index in [-0.39, 0.29) is 23.1 Å². The molecule has 0 saturated heterocycles. The van der Waals surface area contributed by atoms with Gasteiger partial charge in [-0.1, -0.05) is 17.7 Å². The highest BCUT2D eigenvalue weighted by atomic mass is 35.5. The molecule has 0 aliphatic rings. The molecule has 9 heteroatoms. The average molecular weight is 398 g/mol. The molecule has 2 aromatic carbocycles. The number of Topliss-reactive ketones (excluding diaryl/α,β-unsaturated/α-hetero) is 1. The van der Waals surface area contributed by atoms with Crippen molar-refractivity contribution in [3.05, 3.63) is 75.1 Å². The topological polar surface area (TPSA) is 110 Å². The molecule has 8 nitrogen and oxygen atoms in total. The highest BCUT2D eigenvalue weighted by Gasteiger charge is 2.23. The minimum Gasteiger partial charge on any atom is -0.334 e. The molecule has 0 fully saturated rings. The second-order valence-electron chi connectivity index (χ2n) is 6.02. The summed E-state index contributed by atoms with van der Waals surface area (Å²) in [5.41, 5.74) is 2.24. The first-order valence-electron chi connectivity index (χ1n) is 8.25. The van der Waals surface area contributed by atoms with E-state index in [9.17, 15) is 14.9 Å². The Labute approximate surface area is 165 Å². The van der Waals surface area contributed by atoms with Crippen molar-refractivity contribution in [3.8, 4) is 0 Å². The predicted molar refractivity (Wildman–Crippen MR) is 108 cm³/mol. The fourth-order valence-corrected chi connectivity index (χ4v) is 2.65. The summed E-state index contributed by atoms with van der Waals surface area (Å²) < 4.78 is 0. The van der Waals surface area contributed by atoms with Crippen molar-refractivity contribution >= 4 is 46.1 Å². The van der Waals surface area contributed by atoms with Crippen molar-refractivity contribution in [3.63, 3.8) is 0 Å². The third kappa shape index (κ3) is 4.24. The number of rotatable bonds is 6. The molecular weight excluding hydrogens is 382 g/mol. The van der Waals surface area contributed by atoms with Gasteiger partial charge in [-0.05, 0) is 55.8 Å². The zero-order valence-electron chi connectivity index (χ0n) is 15.1. The molecule has 28 heavy (non-hydrogen) atoms. The number of benzene rings is 2. The Morgan fingerprint density at radius 2 is 1.61 bits per heavy atom. The van der Waals surface area contributed by atoms with Crippen LogP contribution in [0.3, 0.4) is 0 Å². The van der Waals surface area contributed by atoms with Crippen LogP contribution in [0.2, 0.25) is 5.02 Å². The van der Waals surface area contributed by atoms with E-state index in [1.54, 1.807) is 42.5 Å². The van der Waals surface area contributed by atoms with E-state index >= 15 is 0 Å². The monoisotopic (exact) mass is 397 g/mol. The second kappa shape index (κ2) is 8.01. The number of carbonyl (C=O) groups excluding carboxylic acids is 1. The van der Waals surface area contributed by atoms with Crippen LogP contribution in [-0.2, 0) is 0 Å². The Hall–Kier alpha value is -3.52. The Bertz CT molecular complexity index is 1050. The first kappa shape index (κ1) is 19.2. The van der Waals surface area contributed by atoms with Crippen molar-refractivity contribution in [2.24, 2.45) is 0 Å². The number of anilines is 4. The van der Waals surface area contributed by atoms with Crippen LogP contribution >= 0.6 is 11.6 Å². The molecule has 0 aliphatic carbocycles. The molecule has 0 saturated carbocycles. The average Bonchev–Trinajstić information content (AvgIpc) is 2.65. The maximum Gasteiger partial charge on any atom is 0.353 e. The number of aromatic nitrogens is 2. The molecule has 3 rings (SSSR count). The van der Waals surface area contributed by atoms with Crippen molar-refractivity contribution < 1.29 is 9.72 Å². The molecule has 1 aromatic heterocycles. The van der Waals surface area contributed by atoms with Gasteiger partial charge >= 0.3 is 5.69 Å². The van der Waals surface area contributed by atoms with Crippen molar-refractivity contribution in [2.75, 3.05) is 10.6 Å². The Morgan fingerprint density at radius 3 is 2.14 bits per heavy atom. The number of aryl methyl sites for hydroxylation is 1. The van der Waals surface area contributed by atoms with Gasteiger partial charge < -0.3 is 10.6 Å². The summed E-state index contributed by atoms with van der Waals surface area (Å²) >= 11 is 6.11. The minimum absolute atomic E-state index is 0.0243. The summed E-state index contributed by atoms with van der Waals surface area (Å²) in [7, 11) is 0. The number of ketones is 1. The van der Waals surface area contributed by atoms with Crippen LogP contribution in [0.1, 0.15) is 22.8 Å². The molecule has 142 valence electrons. The lowest BCUT2D eigenvalue weighted by molar-refractivity contribution is -0.383. The van der Waals surface area contributed by atoms with Gasteiger partial charge in [0.2, 0.25) is 11.6 Å². The zero-order valence-corrected chi connectivity index (χ0v) is 15.8. The molecule has 3 aromatic rings. The standard InChI is InChI=1S/C19H16ClN5O3/c1-11-3-6-15(9-16(11)20)24-19-17(25(27)28)18(21-10-22-19)23-14-7-4-13(5-8-14)12(2)26/h3-10H,1-2H3,(H2,21,22,23,24). The van der Waals surface area contributed by atoms with Gasteiger partial charge in [0.1, 0.15) is 6.33 Å². The molecule has 1 heterocycles. The van der Waals surface area contributed by atoms with Gasteiger partial charge in [-0.3, -0.25) is 14.9 Å². The number of hydrogen-bond donors (Lipinski definition) is 2. The number of nitro groups is 1. The van der Waals surface area contributed by atoms with E-state index in [1.165, 1.54) is 13.3 Å². The summed E-state index contributed by atoms with van der Waals surface area (Å²) in [6, 6.07) is 11.8. The lowest BCUT2D eigenvalue weighted by Gasteiger charge is -2.11. The summed E-state index contributed by atoms with van der Waals surface area (Å²) in [5, 5.41) is 18.0. The minimum atomic E-state index is -0.565. The van der Waals surface area contributed by atoms with Crippen LogP contribution in [0, 0.1) is 17.0 Å². The van der Waals surface area contributed by atoms with Crippen molar-refractivity contribution in [1.82, 2.24) is 9.97 Å². The first-order chi connectivity index (χ1) is 13.3. The fraction of sp³-hybridized carbons (Fsp3) is 0.105. The molecule has 0 bridgehead atoms. The second-order valence-corrected chi connectivity index (χ2v) is 6.43. The van der Waals surface area contributed by atoms with Gasteiger partial charge in [0.25, 0.3) is 0 Å². The third-order valence-corrected chi connectivity index (χ3v) is 4.40. The van der Waals surface area contributed by atoms with Crippen LogP contribution in [0.15, 0.2) is 48.8 Å². The number of hydrogen-bond acceptors (Lipinski definition) is 7. The van der Waals surface area contributed by atoms with Gasteiger partial charge in [-0.25, -0.2) is 9.97 Å². The largest absolute Gasteiger partial charge is 0.353 e. The SMILES string of the molecule is CC(=O)c1ccc(Nc2ncnc(Nc3ccc(C)c(Cl)c3)c2[N+](=O)[O-])cc1. The Balaban J connectivity index is 1.93. The molecule has 2 N–H and O–H groups in total. The number of nitrogens with zero attached hydrogens (tertiary/aromatic N) is 3. The smallest absolute Gasteiger partial charge is 0.334 e. The van der Waals surface area contributed by atoms with Crippen molar-refractivity contribution in [1.29, 1.82) is 0 Å². The lowest BCUT2D eigenvalue weighted by Crippen LogP contribution is -2.05. The molecule has 0 unspecified atom stereocenters. The van der Waals surface area contributed by atoms with Crippen LogP contribution in [0.25, 0.3) is 0 Å². The summed E-state index contributed by atoms with van der Waals surface area (Å²) in [4.78, 5) is 30.5. The maximum absolute atomic E-state index is 11.7. The lowest BCUT2D eigenvalue weighted by atomic mass is 10.1. The van der Waals surface area contributed by atoms with Crippen LogP contribution in [0.4, 0.5) is 28.7 Å². The van der Waals surface area contributed by atoms with Gasteiger partial charge in [0, 0.05) is 22.0 Å². The van der Waals surface area contributed by atoms with E-state index < -0.39 is 4.92 Å². The summed E-state index contributed by atoms with van der Waals surface area (Å²) in [6.07, 6.45) is 1.22. The van der Waals surface area contributed by atoms with E-state index in [1.807, 2.05) is 6.92 Å². The molecular formula is C19H16ClN5O3. The molecule has 0 spiro atoms. The molecule has 0 aliphatic heterocycles. The van der Waals surface area contributed by atoms with Gasteiger partial charge in [-0.2, -0.15) is 0 Å². The summed E-state index contributed by atoms with van der Waals surface area (Å²) in [5.74, 6) is -0.0122. The normalized spacial score (nSPS) is 10.4. The highest BCUT2D eigenvalue weighted by molar-refractivity contribution is 6.31. The number of nitrogens with one attached hydrogen (secondary N) is 2. The summed E-state index contributed by atoms with van der Waals surface area (Å²) in [6.45, 7) is 3.33. The van der Waals surface area contributed by atoms with Gasteiger partial charge in [0.05, 0.1) is 4.92 Å². The highest BCUT2D eigenvalue weighted by Crippen LogP contribution is 2.33. The first-order valence-corrected chi connectivity index (χ1v) is 8.63. The Kier molecular flexibility index (Phi) is 5.51. The van der Waals surface area contributed by atoms with E-state index in [0.29, 0.717) is 22.0 Å². The van der Waals surface area contributed by atoms with Gasteiger partial charge in [-0.15, -0.1) is 0 Å². The fourth-order valence-electron chi connectivity index (χ4n) is 2.47.